The maximum Gasteiger partial charge on any atom is 0.167 e. The number of hydrogen-bond donors (Lipinski definition) is 0. The summed E-state index contributed by atoms with van der Waals surface area (Å²) >= 11 is 0. The average molecular weight is 502 g/mol. The average Bonchev–Trinajstić information content (AvgIpc) is 3.41. The second-order valence-electron chi connectivity index (χ2n) is 10.7. The van der Waals surface area contributed by atoms with Gasteiger partial charge in [0.25, 0.3) is 0 Å². The van der Waals surface area contributed by atoms with E-state index in [4.69, 9.17) is 9.72 Å². The molecule has 2 bridgehead atoms. The van der Waals surface area contributed by atoms with E-state index < -0.39 is 5.82 Å². The first kappa shape index (κ1) is 22.9. The number of benzene rings is 1. The van der Waals surface area contributed by atoms with Crippen LogP contribution in [-0.4, -0.2) is 87.8 Å². The third-order valence-corrected chi connectivity index (χ3v) is 8.87. The number of likely N-dealkylation sites (N-methyl/N-ethyl adjacent to an activating group) is 1. The molecule has 0 aliphatic carbocycles. The van der Waals surface area contributed by atoms with Gasteiger partial charge < -0.3 is 9.64 Å². The van der Waals surface area contributed by atoms with Crippen LogP contribution in [-0.2, 0) is 0 Å². The largest absolute Gasteiger partial charge is 0.494 e. The van der Waals surface area contributed by atoms with Gasteiger partial charge in [-0.05, 0) is 50.4 Å². The van der Waals surface area contributed by atoms with E-state index in [1.165, 1.54) is 51.9 Å². The molecule has 0 saturated carbocycles. The summed E-state index contributed by atoms with van der Waals surface area (Å²) in [6.07, 6.45) is 12.6. The summed E-state index contributed by atoms with van der Waals surface area (Å²) in [6, 6.07) is 7.20. The Morgan fingerprint density at radius 1 is 0.946 bits per heavy atom. The molecule has 0 N–H and O–H groups in total. The predicted molar refractivity (Wildman–Crippen MR) is 142 cm³/mol. The molecule has 7 rings (SSSR count). The summed E-state index contributed by atoms with van der Waals surface area (Å²) < 4.78 is 21.3. The number of nitrogens with zero attached hydrogens (tertiary/aromatic N) is 7. The Bertz CT molecular complexity index is 1450. The number of piperidine rings is 1. The molecule has 2 atom stereocenters. The topological polar surface area (TPSA) is 62.0 Å². The van der Waals surface area contributed by atoms with Crippen LogP contribution in [0.15, 0.2) is 43.0 Å². The van der Waals surface area contributed by atoms with Crippen LogP contribution in [0.3, 0.4) is 0 Å². The van der Waals surface area contributed by atoms with Crippen molar-refractivity contribution in [1.82, 2.24) is 29.4 Å². The van der Waals surface area contributed by atoms with Gasteiger partial charge in [-0.25, -0.2) is 13.9 Å². The van der Waals surface area contributed by atoms with Crippen molar-refractivity contribution in [3.05, 3.63) is 48.8 Å². The molecule has 0 spiro atoms. The van der Waals surface area contributed by atoms with Gasteiger partial charge in [0.05, 0.1) is 36.9 Å². The van der Waals surface area contributed by atoms with Crippen molar-refractivity contribution < 1.29 is 9.13 Å². The molecular formula is C28H32FN7O. The number of halogens is 1. The normalized spacial score (nSPS) is 23.4. The Labute approximate surface area is 215 Å². The van der Waals surface area contributed by atoms with Gasteiger partial charge in [0, 0.05) is 67.5 Å². The number of likely N-dealkylation sites (tertiary alicyclic amines) is 1. The van der Waals surface area contributed by atoms with E-state index in [1.54, 1.807) is 12.3 Å². The number of ether oxygens (including phenoxy) is 1. The highest BCUT2D eigenvalue weighted by molar-refractivity contribution is 5.98. The highest BCUT2D eigenvalue weighted by Crippen LogP contribution is 2.35. The van der Waals surface area contributed by atoms with Crippen LogP contribution in [0.5, 0.6) is 5.75 Å². The number of methoxy groups -OCH3 is 1. The zero-order valence-corrected chi connectivity index (χ0v) is 21.3. The lowest BCUT2D eigenvalue weighted by Gasteiger charge is -2.45. The Kier molecular flexibility index (Phi) is 5.51. The van der Waals surface area contributed by atoms with Gasteiger partial charge in [0.15, 0.2) is 17.2 Å². The van der Waals surface area contributed by atoms with Crippen LogP contribution in [0.1, 0.15) is 25.7 Å². The van der Waals surface area contributed by atoms with Gasteiger partial charge in [0.2, 0.25) is 0 Å². The Morgan fingerprint density at radius 2 is 1.73 bits per heavy atom. The standard InChI is InChI=1S/C28H32FN7O/c1-33-19-3-4-20(33)16-35(15-19)18-6-9-34(10-7-18)21-13-31-28-24(14-32-36(28)17-21)22-5-8-30-26-12-25(29)27(37-2)11-23(22)26/h5,8,11-14,17-20H,3-4,6-7,9-10,15-16H2,1-2H3. The lowest BCUT2D eigenvalue weighted by atomic mass is 10.0. The Hall–Kier alpha value is -3.30. The fraction of sp³-hybridized carbons (Fsp3) is 0.464. The lowest BCUT2D eigenvalue weighted by molar-refractivity contribution is 0.0495. The van der Waals surface area contributed by atoms with Gasteiger partial charge in [0.1, 0.15) is 0 Å². The van der Waals surface area contributed by atoms with Crippen molar-refractivity contribution in [2.75, 3.05) is 45.2 Å². The number of piperazine rings is 1. The molecule has 3 aliphatic heterocycles. The summed E-state index contributed by atoms with van der Waals surface area (Å²) in [5.41, 5.74) is 4.23. The highest BCUT2D eigenvalue weighted by Gasteiger charge is 2.40. The molecule has 3 saturated heterocycles. The first-order chi connectivity index (χ1) is 18.1. The Balaban J connectivity index is 1.11. The number of aromatic nitrogens is 4. The van der Waals surface area contributed by atoms with Crippen LogP contribution < -0.4 is 9.64 Å². The summed E-state index contributed by atoms with van der Waals surface area (Å²) in [6.45, 7) is 4.52. The molecule has 8 nitrogen and oxygen atoms in total. The van der Waals surface area contributed by atoms with E-state index >= 15 is 0 Å². The molecule has 3 fully saturated rings. The second-order valence-corrected chi connectivity index (χ2v) is 10.7. The van der Waals surface area contributed by atoms with E-state index in [9.17, 15) is 4.39 Å². The molecule has 37 heavy (non-hydrogen) atoms. The first-order valence-corrected chi connectivity index (χ1v) is 13.3. The van der Waals surface area contributed by atoms with E-state index in [2.05, 4.69) is 38.0 Å². The summed E-state index contributed by atoms with van der Waals surface area (Å²) in [7, 11) is 3.77. The molecule has 192 valence electrons. The van der Waals surface area contributed by atoms with Crippen molar-refractivity contribution in [2.24, 2.45) is 0 Å². The van der Waals surface area contributed by atoms with E-state index in [-0.39, 0.29) is 5.75 Å². The predicted octanol–water partition coefficient (Wildman–Crippen LogP) is 3.84. The Morgan fingerprint density at radius 3 is 2.49 bits per heavy atom. The molecular weight excluding hydrogens is 469 g/mol. The third kappa shape index (κ3) is 3.83. The van der Waals surface area contributed by atoms with Crippen LogP contribution in [0.2, 0.25) is 0 Å². The van der Waals surface area contributed by atoms with Crippen molar-refractivity contribution in [1.29, 1.82) is 0 Å². The first-order valence-electron chi connectivity index (χ1n) is 13.3. The number of hydrogen-bond acceptors (Lipinski definition) is 7. The van der Waals surface area contributed by atoms with Crippen molar-refractivity contribution in [3.63, 3.8) is 0 Å². The molecule has 1 aromatic carbocycles. The monoisotopic (exact) mass is 501 g/mol. The highest BCUT2D eigenvalue weighted by atomic mass is 19.1. The second kappa shape index (κ2) is 8.92. The van der Waals surface area contributed by atoms with Gasteiger partial charge >= 0.3 is 0 Å². The van der Waals surface area contributed by atoms with Crippen LogP contribution in [0, 0.1) is 5.82 Å². The minimum absolute atomic E-state index is 0.195. The molecule has 6 heterocycles. The van der Waals surface area contributed by atoms with E-state index in [1.807, 2.05) is 23.0 Å². The van der Waals surface area contributed by atoms with Gasteiger partial charge in [-0.2, -0.15) is 5.10 Å². The molecule has 9 heteroatoms. The molecule has 3 aliphatic rings. The molecule has 4 aromatic rings. The summed E-state index contributed by atoms with van der Waals surface area (Å²) in [4.78, 5) is 17.0. The lowest BCUT2D eigenvalue weighted by Crippen LogP contribution is -2.56. The van der Waals surface area contributed by atoms with Crippen LogP contribution >= 0.6 is 0 Å². The molecule has 3 aromatic heterocycles. The van der Waals surface area contributed by atoms with Gasteiger partial charge in [-0.15, -0.1) is 0 Å². The zero-order chi connectivity index (χ0) is 25.1. The van der Waals surface area contributed by atoms with Gasteiger partial charge in [-0.3, -0.25) is 14.8 Å². The van der Waals surface area contributed by atoms with Crippen LogP contribution in [0.4, 0.5) is 10.1 Å². The van der Waals surface area contributed by atoms with E-state index in [0.717, 1.165) is 53.0 Å². The van der Waals surface area contributed by atoms with Crippen molar-refractivity contribution in [2.45, 2.75) is 43.8 Å². The van der Waals surface area contributed by atoms with Crippen molar-refractivity contribution in [3.8, 4) is 16.9 Å². The SMILES string of the molecule is COc1cc2c(-c3cnn4cc(N5CCC(N6CC7CCC(C6)N7C)CC5)cnc34)ccnc2cc1F. The summed E-state index contributed by atoms with van der Waals surface area (Å²) in [5.74, 6) is -0.230. The van der Waals surface area contributed by atoms with E-state index in [0.29, 0.717) is 11.6 Å². The molecule has 0 amide bonds. The van der Waals surface area contributed by atoms with Crippen LogP contribution in [0.25, 0.3) is 27.7 Å². The fourth-order valence-electron chi connectivity index (χ4n) is 6.69. The molecule has 0 radical (unpaired) electrons. The zero-order valence-electron chi connectivity index (χ0n) is 21.3. The number of anilines is 1. The number of rotatable bonds is 4. The maximum absolute atomic E-state index is 14.2. The quantitative estimate of drug-likeness (QED) is 0.421. The minimum atomic E-state index is -0.425. The minimum Gasteiger partial charge on any atom is -0.494 e. The molecule has 2 unspecified atom stereocenters. The summed E-state index contributed by atoms with van der Waals surface area (Å²) in [5, 5.41) is 5.43. The smallest absolute Gasteiger partial charge is 0.167 e. The maximum atomic E-state index is 14.2. The number of pyridine rings is 1. The fourth-order valence-corrected chi connectivity index (χ4v) is 6.69. The third-order valence-electron chi connectivity index (χ3n) is 8.87. The van der Waals surface area contributed by atoms with Crippen molar-refractivity contribution >= 4 is 22.2 Å². The number of fused-ring (bicyclic) bond motifs is 4. The van der Waals surface area contributed by atoms with Gasteiger partial charge in [-0.1, -0.05) is 0 Å².